The van der Waals surface area contributed by atoms with Gasteiger partial charge < -0.3 is 10.2 Å². The van der Waals surface area contributed by atoms with E-state index in [4.69, 9.17) is 0 Å². The lowest BCUT2D eigenvalue weighted by molar-refractivity contribution is 0.434. The monoisotopic (exact) mass is 220 g/mol. The number of aromatic nitrogens is 2. The highest BCUT2D eigenvalue weighted by Crippen LogP contribution is 2.21. The fourth-order valence-corrected chi connectivity index (χ4v) is 2.03. The van der Waals surface area contributed by atoms with E-state index < -0.39 is 0 Å². The number of hydrogen-bond donors (Lipinski definition) is 1. The van der Waals surface area contributed by atoms with Crippen molar-refractivity contribution in [3.63, 3.8) is 0 Å². The van der Waals surface area contributed by atoms with Crippen LogP contribution in [0, 0.1) is 12.8 Å². The Bertz CT molecular complexity index is 356. The van der Waals surface area contributed by atoms with Gasteiger partial charge in [0, 0.05) is 31.9 Å². The average molecular weight is 220 g/mol. The number of hydrogen-bond acceptors (Lipinski definition) is 4. The van der Waals surface area contributed by atoms with Gasteiger partial charge in [0.05, 0.1) is 0 Å². The quantitative estimate of drug-likeness (QED) is 0.828. The number of anilines is 2. The highest BCUT2D eigenvalue weighted by Gasteiger charge is 2.18. The number of aryl methyl sites for hydroxylation is 1. The highest BCUT2D eigenvalue weighted by atomic mass is 15.3. The third-order valence-corrected chi connectivity index (χ3v) is 3.17. The molecule has 1 aliphatic rings. The van der Waals surface area contributed by atoms with Crippen LogP contribution >= 0.6 is 0 Å². The molecule has 0 aromatic carbocycles. The van der Waals surface area contributed by atoms with E-state index in [2.05, 4.69) is 27.1 Å². The Morgan fingerprint density at radius 1 is 1.31 bits per heavy atom. The van der Waals surface area contributed by atoms with E-state index in [1.807, 2.05) is 20.0 Å². The smallest absolute Gasteiger partial charge is 0.227 e. The van der Waals surface area contributed by atoms with Crippen molar-refractivity contribution in [3.05, 3.63) is 11.8 Å². The lowest BCUT2D eigenvalue weighted by Crippen LogP contribution is -2.34. The Hall–Kier alpha value is -1.32. The molecule has 1 aromatic heterocycles. The molecule has 0 atom stereocenters. The molecule has 1 aliphatic heterocycles. The van der Waals surface area contributed by atoms with Gasteiger partial charge in [-0.05, 0) is 25.7 Å². The first-order chi connectivity index (χ1) is 7.69. The maximum atomic E-state index is 4.51. The molecule has 1 saturated heterocycles. The van der Waals surface area contributed by atoms with Crippen molar-refractivity contribution in [1.29, 1.82) is 0 Å². The van der Waals surface area contributed by atoms with E-state index in [9.17, 15) is 0 Å². The van der Waals surface area contributed by atoms with Crippen molar-refractivity contribution in [1.82, 2.24) is 9.97 Å². The molecule has 88 valence electrons. The second-order valence-corrected chi connectivity index (χ2v) is 4.61. The van der Waals surface area contributed by atoms with Crippen molar-refractivity contribution >= 4 is 11.8 Å². The largest absolute Gasteiger partial charge is 0.373 e. The maximum Gasteiger partial charge on any atom is 0.227 e. The molecule has 0 unspecified atom stereocenters. The predicted molar refractivity (Wildman–Crippen MR) is 66.9 cm³/mol. The molecule has 0 saturated carbocycles. The minimum Gasteiger partial charge on any atom is -0.373 e. The van der Waals surface area contributed by atoms with Gasteiger partial charge in [-0.15, -0.1) is 0 Å². The lowest BCUT2D eigenvalue weighted by atomic mass is 10.00. The van der Waals surface area contributed by atoms with E-state index in [0.717, 1.165) is 36.5 Å². The summed E-state index contributed by atoms with van der Waals surface area (Å²) in [6, 6.07) is 1.97. The topological polar surface area (TPSA) is 41.1 Å². The summed E-state index contributed by atoms with van der Waals surface area (Å²) in [5, 5.41) is 3.08. The summed E-state index contributed by atoms with van der Waals surface area (Å²) in [6.45, 7) is 6.48. The van der Waals surface area contributed by atoms with Crippen molar-refractivity contribution in [2.45, 2.75) is 26.7 Å². The Morgan fingerprint density at radius 2 is 2.00 bits per heavy atom. The van der Waals surface area contributed by atoms with Gasteiger partial charge in [0.2, 0.25) is 5.95 Å². The first-order valence-corrected chi connectivity index (χ1v) is 5.97. The number of nitrogens with one attached hydrogen (secondary N) is 1. The van der Waals surface area contributed by atoms with Crippen molar-refractivity contribution in [2.75, 3.05) is 30.4 Å². The molecule has 0 radical (unpaired) electrons. The second kappa shape index (κ2) is 4.68. The van der Waals surface area contributed by atoms with Crippen molar-refractivity contribution < 1.29 is 0 Å². The zero-order valence-electron chi connectivity index (χ0n) is 10.3. The van der Waals surface area contributed by atoms with E-state index in [1.165, 1.54) is 12.8 Å². The maximum absolute atomic E-state index is 4.51. The van der Waals surface area contributed by atoms with Gasteiger partial charge in [-0.2, -0.15) is 4.98 Å². The Labute approximate surface area is 97.1 Å². The summed E-state index contributed by atoms with van der Waals surface area (Å²) in [6.07, 6.45) is 2.48. The molecular weight excluding hydrogens is 200 g/mol. The van der Waals surface area contributed by atoms with Crippen LogP contribution in [-0.2, 0) is 0 Å². The summed E-state index contributed by atoms with van der Waals surface area (Å²) in [5.41, 5.74) is 1.02. The molecule has 2 rings (SSSR count). The fraction of sp³-hybridized carbons (Fsp3) is 0.667. The van der Waals surface area contributed by atoms with Crippen LogP contribution in [-0.4, -0.2) is 30.1 Å². The lowest BCUT2D eigenvalue weighted by Gasteiger charge is -2.30. The Balaban J connectivity index is 2.16. The van der Waals surface area contributed by atoms with Crippen LogP contribution in [0.1, 0.15) is 25.5 Å². The van der Waals surface area contributed by atoms with Gasteiger partial charge in [-0.1, -0.05) is 6.92 Å². The van der Waals surface area contributed by atoms with E-state index in [0.29, 0.717) is 0 Å². The van der Waals surface area contributed by atoms with Gasteiger partial charge >= 0.3 is 0 Å². The number of nitrogens with zero attached hydrogens (tertiary/aromatic N) is 3. The standard InChI is InChI=1S/C12H20N4/c1-9-4-6-16(7-5-9)12-14-10(2)8-11(13-3)15-12/h8-9H,4-7H2,1-3H3,(H,13,14,15). The van der Waals surface area contributed by atoms with Crippen LogP contribution in [0.15, 0.2) is 6.07 Å². The third kappa shape index (κ3) is 2.43. The minimum atomic E-state index is 0.838. The van der Waals surface area contributed by atoms with Gasteiger partial charge in [0.15, 0.2) is 0 Å². The van der Waals surface area contributed by atoms with Crippen LogP contribution < -0.4 is 10.2 Å². The summed E-state index contributed by atoms with van der Waals surface area (Å²) < 4.78 is 0. The molecule has 4 heteroatoms. The first-order valence-electron chi connectivity index (χ1n) is 5.97. The molecule has 0 bridgehead atoms. The van der Waals surface area contributed by atoms with E-state index in [1.54, 1.807) is 0 Å². The third-order valence-electron chi connectivity index (χ3n) is 3.17. The van der Waals surface area contributed by atoms with Crippen LogP contribution in [0.4, 0.5) is 11.8 Å². The molecule has 16 heavy (non-hydrogen) atoms. The van der Waals surface area contributed by atoms with Gasteiger partial charge in [-0.25, -0.2) is 4.98 Å². The Morgan fingerprint density at radius 3 is 2.62 bits per heavy atom. The molecule has 1 aromatic rings. The van der Waals surface area contributed by atoms with Crippen molar-refractivity contribution in [2.24, 2.45) is 5.92 Å². The van der Waals surface area contributed by atoms with Crippen molar-refractivity contribution in [3.8, 4) is 0 Å². The molecular formula is C12H20N4. The predicted octanol–water partition coefficient (Wildman–Crippen LogP) is 2.06. The van der Waals surface area contributed by atoms with Crippen LogP contribution in [0.3, 0.4) is 0 Å². The molecule has 0 amide bonds. The summed E-state index contributed by atoms with van der Waals surface area (Å²) in [5.74, 6) is 2.61. The number of rotatable bonds is 2. The SMILES string of the molecule is CNc1cc(C)nc(N2CCC(C)CC2)n1. The van der Waals surface area contributed by atoms with Crippen LogP contribution in [0.2, 0.25) is 0 Å². The zero-order valence-corrected chi connectivity index (χ0v) is 10.3. The molecule has 0 aliphatic carbocycles. The van der Waals surface area contributed by atoms with Gasteiger partial charge in [0.1, 0.15) is 5.82 Å². The van der Waals surface area contributed by atoms with Crippen LogP contribution in [0.5, 0.6) is 0 Å². The van der Waals surface area contributed by atoms with Crippen LogP contribution in [0.25, 0.3) is 0 Å². The molecule has 2 heterocycles. The van der Waals surface area contributed by atoms with Gasteiger partial charge in [0.25, 0.3) is 0 Å². The first kappa shape index (κ1) is 11.2. The van der Waals surface area contributed by atoms with E-state index >= 15 is 0 Å². The summed E-state index contributed by atoms with van der Waals surface area (Å²) >= 11 is 0. The second-order valence-electron chi connectivity index (χ2n) is 4.61. The number of piperidine rings is 1. The fourth-order valence-electron chi connectivity index (χ4n) is 2.03. The molecule has 1 N–H and O–H groups in total. The zero-order chi connectivity index (χ0) is 11.5. The normalized spacial score (nSPS) is 17.6. The summed E-state index contributed by atoms with van der Waals surface area (Å²) in [7, 11) is 1.89. The molecule has 0 spiro atoms. The van der Waals surface area contributed by atoms with Gasteiger partial charge in [-0.3, -0.25) is 0 Å². The average Bonchev–Trinajstić information content (AvgIpc) is 2.29. The summed E-state index contributed by atoms with van der Waals surface area (Å²) in [4.78, 5) is 11.3. The highest BCUT2D eigenvalue weighted by molar-refractivity contribution is 5.43. The minimum absolute atomic E-state index is 0.838. The molecule has 4 nitrogen and oxygen atoms in total. The van der Waals surface area contributed by atoms with E-state index in [-0.39, 0.29) is 0 Å². The molecule has 1 fully saturated rings. The Kier molecular flexibility index (Phi) is 3.27.